The number of amidine groups is 1. The van der Waals surface area contributed by atoms with E-state index in [1.54, 1.807) is 30.3 Å². The van der Waals surface area contributed by atoms with Crippen molar-refractivity contribution in [3.63, 3.8) is 0 Å². The van der Waals surface area contributed by atoms with Gasteiger partial charge in [-0.1, -0.05) is 43.3 Å². The number of hydrogen-bond donors (Lipinski definition) is 4. The number of nitrogens with one attached hydrogen (secondary N) is 3. The standard InChI is InChI=1S/C32H31F2N5O2S/c1-31-14-24(30(41)38-27-13-18(28(35)36)10-11-42-27)39(26(31)15-31)25(17-6-7-17)16-37-29(40)19-8-9-23-21(12-19)20-4-2-3-5-22(20)32(23,33)34/h2-5,8-10,12-13,24,26H,6-7,11,14-16H2,1H3,(H3,35,36)(H,37,40)(H,38,41)/t24-,26?,31+/m0/s1. The molecular formula is C32H31F2N5O2S. The van der Waals surface area contributed by atoms with E-state index < -0.39 is 5.92 Å². The average molecular weight is 588 g/mol. The van der Waals surface area contributed by atoms with Crippen molar-refractivity contribution in [1.29, 1.82) is 5.41 Å². The number of allylic oxidation sites excluding steroid dienone is 1. The number of likely N-dealkylation sites (tertiary alicyclic amines) is 1. The molecule has 5 N–H and O–H groups in total. The Morgan fingerprint density at radius 3 is 2.64 bits per heavy atom. The molecule has 2 heterocycles. The molecule has 7 nitrogen and oxygen atoms in total. The van der Waals surface area contributed by atoms with Crippen molar-refractivity contribution in [3.05, 3.63) is 93.2 Å². The van der Waals surface area contributed by atoms with Crippen molar-refractivity contribution >= 4 is 29.4 Å². The Hall–Kier alpha value is -3.92. The summed E-state index contributed by atoms with van der Waals surface area (Å²) in [6.07, 6.45) is 7.18. The second-order valence-electron chi connectivity index (χ2n) is 12.0. The summed E-state index contributed by atoms with van der Waals surface area (Å²) in [6, 6.07) is 10.6. The third-order valence-electron chi connectivity index (χ3n) is 9.14. The van der Waals surface area contributed by atoms with Gasteiger partial charge in [0.25, 0.3) is 11.8 Å². The highest BCUT2D eigenvalue weighted by Gasteiger charge is 2.63. The van der Waals surface area contributed by atoms with Gasteiger partial charge in [0.15, 0.2) is 0 Å². The lowest BCUT2D eigenvalue weighted by Gasteiger charge is -2.32. The van der Waals surface area contributed by atoms with Crippen LogP contribution >= 0.6 is 11.8 Å². The molecule has 3 fully saturated rings. The number of alkyl halides is 2. The topological polar surface area (TPSA) is 111 Å². The lowest BCUT2D eigenvalue weighted by molar-refractivity contribution is -0.124. The molecule has 1 unspecified atom stereocenters. The summed E-state index contributed by atoms with van der Waals surface area (Å²) in [5.41, 5.74) is 9.55. The molecule has 3 aliphatic carbocycles. The fraction of sp³-hybridized carbons (Fsp3) is 0.344. The van der Waals surface area contributed by atoms with Crippen molar-refractivity contribution in [3.8, 4) is 11.1 Å². The van der Waals surface area contributed by atoms with Crippen molar-refractivity contribution in [2.24, 2.45) is 11.1 Å². The van der Waals surface area contributed by atoms with E-state index >= 15 is 0 Å². The fourth-order valence-electron chi connectivity index (χ4n) is 6.65. The predicted molar refractivity (Wildman–Crippen MR) is 159 cm³/mol. The first kappa shape index (κ1) is 26.9. The number of benzene rings is 2. The lowest BCUT2D eigenvalue weighted by atomic mass is 10.0. The van der Waals surface area contributed by atoms with Crippen LogP contribution in [-0.4, -0.2) is 46.9 Å². The minimum Gasteiger partial charge on any atom is -0.384 e. The third kappa shape index (κ3) is 4.43. The Labute approximate surface area is 246 Å². The minimum absolute atomic E-state index is 0.0314. The van der Waals surface area contributed by atoms with E-state index in [0.717, 1.165) is 31.4 Å². The van der Waals surface area contributed by atoms with Gasteiger partial charge in [-0.3, -0.25) is 15.0 Å². The minimum atomic E-state index is -3.09. The molecule has 5 aliphatic rings. The van der Waals surface area contributed by atoms with Crippen molar-refractivity contribution in [2.45, 2.75) is 50.6 Å². The van der Waals surface area contributed by atoms with E-state index in [1.165, 1.54) is 35.5 Å². The number of amides is 2. The molecule has 0 bridgehead atoms. The van der Waals surface area contributed by atoms with Gasteiger partial charge in [-0.2, -0.15) is 8.78 Å². The molecule has 2 aliphatic heterocycles. The Morgan fingerprint density at radius 2 is 1.88 bits per heavy atom. The summed E-state index contributed by atoms with van der Waals surface area (Å²) in [5, 5.41) is 14.5. The monoisotopic (exact) mass is 587 g/mol. The Bertz CT molecular complexity index is 1660. The van der Waals surface area contributed by atoms with Gasteiger partial charge in [0.2, 0.25) is 5.91 Å². The average Bonchev–Trinajstić information content (AvgIpc) is 3.89. The van der Waals surface area contributed by atoms with Crippen LogP contribution < -0.4 is 16.4 Å². The molecule has 7 rings (SSSR count). The number of nitrogens with two attached hydrogens (primary N) is 1. The molecule has 2 aromatic rings. The Morgan fingerprint density at radius 1 is 1.12 bits per heavy atom. The number of thioether (sulfide) groups is 1. The summed E-state index contributed by atoms with van der Waals surface area (Å²) in [5.74, 6) is -2.94. The smallest absolute Gasteiger partial charge is 0.299 e. The van der Waals surface area contributed by atoms with E-state index in [1.807, 2.05) is 6.08 Å². The summed E-state index contributed by atoms with van der Waals surface area (Å²) in [6.45, 7) is 2.47. The molecule has 2 saturated carbocycles. The number of fused-ring (bicyclic) bond motifs is 4. The molecule has 2 amide bonds. The molecule has 3 atom stereocenters. The molecule has 0 aromatic heterocycles. The first-order valence-corrected chi connectivity index (χ1v) is 15.1. The number of piperidine rings is 1. The molecule has 42 heavy (non-hydrogen) atoms. The van der Waals surface area contributed by atoms with Crippen LogP contribution in [0.15, 0.2) is 76.5 Å². The van der Waals surface area contributed by atoms with Crippen molar-refractivity contribution in [2.75, 3.05) is 12.3 Å². The van der Waals surface area contributed by atoms with E-state index in [2.05, 4.69) is 22.5 Å². The van der Waals surface area contributed by atoms with Gasteiger partial charge in [-0.25, -0.2) is 0 Å². The largest absolute Gasteiger partial charge is 0.384 e. The number of rotatable bonds is 7. The van der Waals surface area contributed by atoms with Crippen LogP contribution in [-0.2, 0) is 10.7 Å². The van der Waals surface area contributed by atoms with Gasteiger partial charge in [0.05, 0.1) is 11.6 Å². The van der Waals surface area contributed by atoms with Crippen LogP contribution in [0, 0.1) is 10.8 Å². The van der Waals surface area contributed by atoms with E-state index in [-0.39, 0.29) is 52.8 Å². The van der Waals surface area contributed by atoms with E-state index in [4.69, 9.17) is 11.1 Å². The van der Waals surface area contributed by atoms with Gasteiger partial charge in [-0.15, -0.1) is 11.8 Å². The van der Waals surface area contributed by atoms with Crippen LogP contribution in [0.5, 0.6) is 0 Å². The summed E-state index contributed by atoms with van der Waals surface area (Å²) in [7, 11) is 0. The summed E-state index contributed by atoms with van der Waals surface area (Å²) in [4.78, 5) is 29.1. The van der Waals surface area contributed by atoms with E-state index in [9.17, 15) is 18.4 Å². The highest BCUT2D eigenvalue weighted by atomic mass is 32.2. The number of carbonyl (C=O) groups excluding carboxylic acids is 2. The second-order valence-corrected chi connectivity index (χ2v) is 13.1. The van der Waals surface area contributed by atoms with Crippen molar-refractivity contribution < 1.29 is 18.4 Å². The maximum absolute atomic E-state index is 15.0. The van der Waals surface area contributed by atoms with Gasteiger partial charge in [0, 0.05) is 39.8 Å². The summed E-state index contributed by atoms with van der Waals surface area (Å²) < 4.78 is 30.0. The predicted octanol–water partition coefficient (Wildman–Crippen LogP) is 5.00. The molecule has 1 saturated heterocycles. The third-order valence-corrected chi connectivity index (χ3v) is 10.00. The molecule has 10 heteroatoms. The zero-order valence-corrected chi connectivity index (χ0v) is 23.9. The highest BCUT2D eigenvalue weighted by molar-refractivity contribution is 8.03. The van der Waals surface area contributed by atoms with Crippen molar-refractivity contribution in [1.82, 2.24) is 15.5 Å². The Balaban J connectivity index is 1.09. The fourth-order valence-corrected chi connectivity index (χ4v) is 7.48. The Kier molecular flexibility index (Phi) is 6.13. The van der Waals surface area contributed by atoms with Crippen LogP contribution in [0.4, 0.5) is 8.78 Å². The van der Waals surface area contributed by atoms with Gasteiger partial charge >= 0.3 is 0 Å². The molecular weight excluding hydrogens is 556 g/mol. The summed E-state index contributed by atoms with van der Waals surface area (Å²) >= 11 is 1.49. The van der Waals surface area contributed by atoms with Crippen LogP contribution in [0.25, 0.3) is 11.1 Å². The van der Waals surface area contributed by atoms with E-state index in [0.29, 0.717) is 33.0 Å². The molecule has 216 valence electrons. The normalized spacial score (nSPS) is 25.9. The number of halogens is 2. The van der Waals surface area contributed by atoms with Gasteiger partial charge < -0.3 is 21.3 Å². The van der Waals surface area contributed by atoms with Crippen LogP contribution in [0.2, 0.25) is 0 Å². The number of hydrogen-bond acceptors (Lipinski definition) is 5. The molecule has 2 aromatic carbocycles. The quantitative estimate of drug-likeness (QED) is 0.269. The number of carbonyl (C=O) groups is 2. The maximum Gasteiger partial charge on any atom is 0.299 e. The highest BCUT2D eigenvalue weighted by Crippen LogP contribution is 2.61. The zero-order valence-electron chi connectivity index (χ0n) is 23.1. The molecule has 0 radical (unpaired) electrons. The van der Waals surface area contributed by atoms with Crippen LogP contribution in [0.3, 0.4) is 0 Å². The van der Waals surface area contributed by atoms with Crippen LogP contribution in [0.1, 0.15) is 54.1 Å². The first-order chi connectivity index (χ1) is 20.1. The zero-order chi connectivity index (χ0) is 29.4. The molecule has 0 spiro atoms. The van der Waals surface area contributed by atoms with Gasteiger partial charge in [0.1, 0.15) is 11.9 Å². The maximum atomic E-state index is 15.0. The number of nitrogens with zero attached hydrogens (tertiary/aromatic N) is 1. The van der Waals surface area contributed by atoms with Gasteiger partial charge in [-0.05, 0) is 66.0 Å². The lowest BCUT2D eigenvalue weighted by Crippen LogP contribution is -2.46. The first-order valence-electron chi connectivity index (χ1n) is 14.2. The SMILES string of the molecule is C[C@@]12CC1N(C(CNC(=O)c1ccc3c(c1)-c1ccccc1C3(F)F)=C1CC1)[C@H](C(=O)NC1=CC(C(=N)N)=CCS1)C2. The second kappa shape index (κ2) is 9.55.